The van der Waals surface area contributed by atoms with Crippen molar-refractivity contribution in [2.45, 2.75) is 26.3 Å². The Morgan fingerprint density at radius 1 is 1.18 bits per heavy atom. The van der Waals surface area contributed by atoms with Gasteiger partial charge in [0.15, 0.2) is 0 Å². The van der Waals surface area contributed by atoms with Crippen LogP contribution in [0.15, 0.2) is 48.7 Å². The molecule has 0 fully saturated rings. The first-order chi connectivity index (χ1) is 10.7. The zero-order valence-corrected chi connectivity index (χ0v) is 13.2. The lowest BCUT2D eigenvalue weighted by molar-refractivity contribution is 0.0779. The van der Waals surface area contributed by atoms with Crippen LogP contribution in [0.25, 0.3) is 0 Å². The third kappa shape index (κ3) is 4.58. The molecule has 1 N–H and O–H groups in total. The number of carbonyl (C=O) groups excluding carboxylic acids is 1. The highest BCUT2D eigenvalue weighted by atomic mass is 16.2. The second-order valence-corrected chi connectivity index (χ2v) is 5.36. The predicted molar refractivity (Wildman–Crippen MR) is 89.9 cm³/mol. The van der Waals surface area contributed by atoms with E-state index < -0.39 is 0 Å². The van der Waals surface area contributed by atoms with Crippen LogP contribution in [0.5, 0.6) is 0 Å². The van der Waals surface area contributed by atoms with Gasteiger partial charge >= 0.3 is 0 Å². The Morgan fingerprint density at radius 3 is 2.59 bits per heavy atom. The highest BCUT2D eigenvalue weighted by Crippen LogP contribution is 2.10. The zero-order valence-electron chi connectivity index (χ0n) is 13.2. The smallest absolute Gasteiger partial charge is 0.272 e. The summed E-state index contributed by atoms with van der Waals surface area (Å²) in [5.74, 6) is -0.0658. The van der Waals surface area contributed by atoms with Crippen LogP contribution < -0.4 is 5.32 Å². The summed E-state index contributed by atoms with van der Waals surface area (Å²) >= 11 is 0. The number of benzene rings is 1. The van der Waals surface area contributed by atoms with Crippen LogP contribution in [0.2, 0.25) is 0 Å². The molecule has 2 aromatic rings. The molecule has 0 saturated heterocycles. The quantitative estimate of drug-likeness (QED) is 0.795. The first kappa shape index (κ1) is 16.0. The fourth-order valence-corrected chi connectivity index (χ4v) is 2.16. The Kier molecular flexibility index (Phi) is 5.95. The molecule has 0 unspecified atom stereocenters. The minimum absolute atomic E-state index is 0.0658. The number of hydrogen-bond donors (Lipinski definition) is 1. The standard InChI is InChI=1S/C18H23N3O/c1-3-4-12-19-16-10-11-17(20-13-16)18(22)21(2)14-15-8-6-5-7-9-15/h5-11,13,19H,3-4,12,14H2,1-2H3. The third-order valence-corrected chi connectivity index (χ3v) is 3.45. The minimum atomic E-state index is -0.0658. The van der Waals surface area contributed by atoms with Crippen molar-refractivity contribution in [2.75, 3.05) is 18.9 Å². The molecule has 0 aliphatic carbocycles. The summed E-state index contributed by atoms with van der Waals surface area (Å²) in [5.41, 5.74) is 2.53. The number of anilines is 1. The fourth-order valence-electron chi connectivity index (χ4n) is 2.16. The van der Waals surface area contributed by atoms with Gasteiger partial charge < -0.3 is 10.2 Å². The number of unbranched alkanes of at least 4 members (excludes halogenated alkanes) is 1. The van der Waals surface area contributed by atoms with Crippen molar-refractivity contribution in [3.8, 4) is 0 Å². The number of hydrogen-bond acceptors (Lipinski definition) is 3. The molecule has 0 spiro atoms. The molecule has 0 saturated carbocycles. The van der Waals surface area contributed by atoms with E-state index in [0.29, 0.717) is 12.2 Å². The molecule has 4 heteroatoms. The fraction of sp³-hybridized carbons (Fsp3) is 0.333. The van der Waals surface area contributed by atoms with Crippen molar-refractivity contribution < 1.29 is 4.79 Å². The zero-order chi connectivity index (χ0) is 15.8. The molecule has 1 amide bonds. The van der Waals surface area contributed by atoms with Crippen LogP contribution in [-0.2, 0) is 6.54 Å². The number of pyridine rings is 1. The highest BCUT2D eigenvalue weighted by Gasteiger charge is 2.13. The minimum Gasteiger partial charge on any atom is -0.384 e. The van der Waals surface area contributed by atoms with E-state index in [1.165, 1.54) is 0 Å². The van der Waals surface area contributed by atoms with Gasteiger partial charge in [0.05, 0.1) is 11.9 Å². The maximum atomic E-state index is 12.4. The van der Waals surface area contributed by atoms with E-state index in [4.69, 9.17) is 0 Å². The van der Waals surface area contributed by atoms with E-state index in [1.54, 1.807) is 24.2 Å². The van der Waals surface area contributed by atoms with Crippen LogP contribution in [0.4, 0.5) is 5.69 Å². The lowest BCUT2D eigenvalue weighted by Crippen LogP contribution is -2.27. The summed E-state index contributed by atoms with van der Waals surface area (Å²) in [5, 5.41) is 3.29. The Balaban J connectivity index is 1.94. The Morgan fingerprint density at radius 2 is 1.95 bits per heavy atom. The molecule has 0 aliphatic heterocycles. The number of nitrogens with zero attached hydrogens (tertiary/aromatic N) is 2. The van der Waals surface area contributed by atoms with Gasteiger partial charge in [-0.3, -0.25) is 4.79 Å². The Hall–Kier alpha value is -2.36. The van der Waals surface area contributed by atoms with Gasteiger partial charge in [-0.1, -0.05) is 43.7 Å². The third-order valence-electron chi connectivity index (χ3n) is 3.45. The lowest BCUT2D eigenvalue weighted by Gasteiger charge is -2.17. The number of rotatable bonds is 7. The van der Waals surface area contributed by atoms with Gasteiger partial charge in [0.25, 0.3) is 5.91 Å². The van der Waals surface area contributed by atoms with Gasteiger partial charge in [0, 0.05) is 20.1 Å². The Bertz CT molecular complexity index is 581. The summed E-state index contributed by atoms with van der Waals surface area (Å²) in [6.07, 6.45) is 4.00. The SMILES string of the molecule is CCCCNc1ccc(C(=O)N(C)Cc2ccccc2)nc1. The second kappa shape index (κ2) is 8.17. The molecule has 2 rings (SSSR count). The van der Waals surface area contributed by atoms with E-state index in [9.17, 15) is 4.79 Å². The van der Waals surface area contributed by atoms with Crippen molar-refractivity contribution in [1.29, 1.82) is 0 Å². The van der Waals surface area contributed by atoms with Gasteiger partial charge in [-0.25, -0.2) is 4.98 Å². The van der Waals surface area contributed by atoms with Gasteiger partial charge in [0.1, 0.15) is 5.69 Å². The van der Waals surface area contributed by atoms with Crippen molar-refractivity contribution in [1.82, 2.24) is 9.88 Å². The average molecular weight is 297 g/mol. The summed E-state index contributed by atoms with van der Waals surface area (Å²) < 4.78 is 0. The molecule has 4 nitrogen and oxygen atoms in total. The maximum absolute atomic E-state index is 12.4. The van der Waals surface area contributed by atoms with Crippen LogP contribution in [-0.4, -0.2) is 29.4 Å². The predicted octanol–water partition coefficient (Wildman–Crippen LogP) is 3.57. The van der Waals surface area contributed by atoms with Crippen molar-refractivity contribution in [3.63, 3.8) is 0 Å². The molecule has 0 bridgehead atoms. The van der Waals surface area contributed by atoms with Gasteiger partial charge in [-0.05, 0) is 24.1 Å². The Labute approximate surface area is 132 Å². The molecule has 1 heterocycles. The van der Waals surface area contributed by atoms with Crippen LogP contribution in [0, 0.1) is 0 Å². The average Bonchev–Trinajstić information content (AvgIpc) is 2.56. The lowest BCUT2D eigenvalue weighted by atomic mass is 10.2. The summed E-state index contributed by atoms with van der Waals surface area (Å²) in [7, 11) is 1.80. The first-order valence-electron chi connectivity index (χ1n) is 7.70. The molecule has 22 heavy (non-hydrogen) atoms. The van der Waals surface area contributed by atoms with Crippen LogP contribution in [0.3, 0.4) is 0 Å². The highest BCUT2D eigenvalue weighted by molar-refractivity contribution is 5.92. The molecule has 0 aliphatic rings. The molecule has 1 aromatic heterocycles. The topological polar surface area (TPSA) is 45.2 Å². The first-order valence-corrected chi connectivity index (χ1v) is 7.70. The molecule has 0 atom stereocenters. The normalized spacial score (nSPS) is 10.3. The second-order valence-electron chi connectivity index (χ2n) is 5.36. The monoisotopic (exact) mass is 297 g/mol. The number of carbonyl (C=O) groups is 1. The molecule has 116 valence electrons. The molecule has 1 aromatic carbocycles. The summed E-state index contributed by atoms with van der Waals surface area (Å²) in [6, 6.07) is 13.6. The van der Waals surface area contributed by atoms with E-state index in [1.807, 2.05) is 36.4 Å². The summed E-state index contributed by atoms with van der Waals surface area (Å²) in [4.78, 5) is 18.3. The number of nitrogens with one attached hydrogen (secondary N) is 1. The van der Waals surface area contributed by atoms with Crippen molar-refractivity contribution in [2.24, 2.45) is 0 Å². The molecular formula is C18H23N3O. The summed E-state index contributed by atoms with van der Waals surface area (Å²) in [6.45, 7) is 3.67. The number of aromatic nitrogens is 1. The number of amides is 1. The van der Waals surface area contributed by atoms with Gasteiger partial charge in [-0.2, -0.15) is 0 Å². The van der Waals surface area contributed by atoms with E-state index in [-0.39, 0.29) is 5.91 Å². The van der Waals surface area contributed by atoms with Gasteiger partial charge in [0.2, 0.25) is 0 Å². The van der Waals surface area contributed by atoms with E-state index in [0.717, 1.165) is 30.6 Å². The molecular weight excluding hydrogens is 274 g/mol. The maximum Gasteiger partial charge on any atom is 0.272 e. The van der Waals surface area contributed by atoms with Crippen molar-refractivity contribution in [3.05, 3.63) is 59.9 Å². The van der Waals surface area contributed by atoms with Gasteiger partial charge in [-0.15, -0.1) is 0 Å². The van der Waals surface area contributed by atoms with E-state index >= 15 is 0 Å². The van der Waals surface area contributed by atoms with Crippen molar-refractivity contribution >= 4 is 11.6 Å². The molecule has 0 radical (unpaired) electrons. The van der Waals surface area contributed by atoms with Crippen LogP contribution >= 0.6 is 0 Å². The van der Waals surface area contributed by atoms with E-state index in [2.05, 4.69) is 17.2 Å². The van der Waals surface area contributed by atoms with Crippen LogP contribution in [0.1, 0.15) is 35.8 Å². The largest absolute Gasteiger partial charge is 0.384 e.